The Kier molecular flexibility index (Phi) is 4.74. The molecule has 2 heterocycles. The van der Waals surface area contributed by atoms with Crippen LogP contribution in [0, 0.1) is 27.4 Å². The molecule has 8 nitrogen and oxygen atoms in total. The van der Waals surface area contributed by atoms with Crippen molar-refractivity contribution in [3.05, 3.63) is 33.9 Å². The van der Waals surface area contributed by atoms with Gasteiger partial charge in [0.15, 0.2) is 5.16 Å². The van der Waals surface area contributed by atoms with E-state index in [2.05, 4.69) is 32.7 Å². The highest BCUT2D eigenvalue weighted by Gasteiger charge is 2.33. The van der Waals surface area contributed by atoms with Crippen molar-refractivity contribution in [2.24, 2.45) is 5.92 Å². The summed E-state index contributed by atoms with van der Waals surface area (Å²) in [7, 11) is 0. The third-order valence-electron chi connectivity index (χ3n) is 5.12. The lowest BCUT2D eigenvalue weighted by molar-refractivity contribution is -0.384. The van der Waals surface area contributed by atoms with Crippen molar-refractivity contribution in [2.45, 2.75) is 48.7 Å². The van der Waals surface area contributed by atoms with Crippen molar-refractivity contribution < 1.29 is 4.92 Å². The van der Waals surface area contributed by atoms with Crippen LogP contribution in [0.4, 0.5) is 11.6 Å². The zero-order chi connectivity index (χ0) is 19.0. The van der Waals surface area contributed by atoms with Gasteiger partial charge in [-0.1, -0.05) is 6.92 Å². The summed E-state index contributed by atoms with van der Waals surface area (Å²) in [6, 6.07) is 6.82. The van der Waals surface area contributed by atoms with E-state index in [0.717, 1.165) is 55.8 Å². The zero-order valence-electron chi connectivity index (χ0n) is 15.0. The molecule has 0 amide bonds. The van der Waals surface area contributed by atoms with Gasteiger partial charge in [-0.05, 0) is 49.4 Å². The van der Waals surface area contributed by atoms with Gasteiger partial charge in [0, 0.05) is 36.2 Å². The topological polar surface area (TPSA) is 101 Å². The Morgan fingerprint density at radius 2 is 2.00 bits per heavy atom. The molecule has 0 N–H and O–H groups in total. The largest absolute Gasteiger partial charge is 0.341 e. The number of nitro benzene ring substituents is 1. The van der Waals surface area contributed by atoms with Crippen molar-refractivity contribution in [3.63, 3.8) is 0 Å². The molecular weight excluding hydrogens is 364 g/mol. The molecule has 2 aromatic rings. The molecule has 9 heteroatoms. The Labute approximate surface area is 161 Å². The van der Waals surface area contributed by atoms with Crippen LogP contribution in [0.5, 0.6) is 0 Å². The minimum absolute atomic E-state index is 0.0808. The van der Waals surface area contributed by atoms with E-state index < -0.39 is 4.92 Å². The number of rotatable bonds is 5. The predicted molar refractivity (Wildman–Crippen MR) is 101 cm³/mol. The van der Waals surface area contributed by atoms with Gasteiger partial charge < -0.3 is 4.90 Å². The maximum Gasteiger partial charge on any atom is 0.270 e. The van der Waals surface area contributed by atoms with Crippen LogP contribution in [0.3, 0.4) is 0 Å². The van der Waals surface area contributed by atoms with Crippen LogP contribution in [0.15, 0.2) is 28.3 Å². The van der Waals surface area contributed by atoms with Crippen molar-refractivity contribution in [1.29, 1.82) is 5.26 Å². The molecule has 2 aliphatic rings. The lowest BCUT2D eigenvalue weighted by Crippen LogP contribution is -2.34. The molecule has 1 aliphatic carbocycles. The van der Waals surface area contributed by atoms with E-state index >= 15 is 0 Å². The van der Waals surface area contributed by atoms with E-state index in [1.807, 2.05) is 0 Å². The summed E-state index contributed by atoms with van der Waals surface area (Å²) in [5.74, 6) is 1.65. The summed E-state index contributed by atoms with van der Waals surface area (Å²) in [6.45, 7) is 4.25. The smallest absolute Gasteiger partial charge is 0.270 e. The third kappa shape index (κ3) is 3.62. The van der Waals surface area contributed by atoms with Crippen LogP contribution in [-0.4, -0.2) is 32.8 Å². The van der Waals surface area contributed by atoms with E-state index in [0.29, 0.717) is 10.9 Å². The number of nitriles is 1. The summed E-state index contributed by atoms with van der Waals surface area (Å²) >= 11 is 1.36. The fraction of sp³-hybridized carbons (Fsp3) is 0.500. The second-order valence-corrected chi connectivity index (χ2v) is 8.21. The Morgan fingerprint density at radius 1 is 1.26 bits per heavy atom. The second-order valence-electron chi connectivity index (χ2n) is 7.20. The van der Waals surface area contributed by atoms with E-state index in [1.165, 1.54) is 23.9 Å². The van der Waals surface area contributed by atoms with Crippen molar-refractivity contribution in [1.82, 2.24) is 14.8 Å². The molecule has 1 saturated heterocycles. The number of nitro groups is 1. The highest BCUT2D eigenvalue weighted by atomic mass is 32.2. The number of anilines is 1. The first-order valence-corrected chi connectivity index (χ1v) is 9.94. The van der Waals surface area contributed by atoms with E-state index in [9.17, 15) is 15.4 Å². The van der Waals surface area contributed by atoms with Gasteiger partial charge in [0.05, 0.1) is 10.5 Å². The fourth-order valence-electron chi connectivity index (χ4n) is 3.32. The Balaban J connectivity index is 1.63. The summed E-state index contributed by atoms with van der Waals surface area (Å²) in [6.07, 6.45) is 4.52. The molecule has 27 heavy (non-hydrogen) atoms. The fourth-order valence-corrected chi connectivity index (χ4v) is 4.28. The molecule has 0 unspecified atom stereocenters. The Morgan fingerprint density at radius 3 is 2.63 bits per heavy atom. The van der Waals surface area contributed by atoms with Gasteiger partial charge in [-0.2, -0.15) is 5.26 Å². The second kappa shape index (κ2) is 7.19. The molecular formula is C18H20N6O2S. The van der Waals surface area contributed by atoms with Gasteiger partial charge in [0.2, 0.25) is 5.95 Å². The minimum atomic E-state index is -0.489. The maximum atomic E-state index is 10.9. The van der Waals surface area contributed by atoms with Gasteiger partial charge in [-0.15, -0.1) is 10.2 Å². The van der Waals surface area contributed by atoms with E-state index in [-0.39, 0.29) is 11.3 Å². The van der Waals surface area contributed by atoms with Gasteiger partial charge in [-0.3, -0.25) is 14.7 Å². The quantitative estimate of drug-likeness (QED) is 0.571. The Bertz CT molecular complexity index is 909. The first kappa shape index (κ1) is 17.8. The number of benzene rings is 1. The van der Waals surface area contributed by atoms with Crippen molar-refractivity contribution in [3.8, 4) is 6.07 Å². The van der Waals surface area contributed by atoms with Gasteiger partial charge in [0.25, 0.3) is 5.69 Å². The van der Waals surface area contributed by atoms with Crippen LogP contribution in [0.2, 0.25) is 0 Å². The lowest BCUT2D eigenvalue weighted by Gasteiger charge is -2.31. The molecule has 0 radical (unpaired) electrons. The molecule has 0 bridgehead atoms. The molecule has 1 saturated carbocycles. The molecule has 2 fully saturated rings. The van der Waals surface area contributed by atoms with Crippen LogP contribution >= 0.6 is 11.8 Å². The van der Waals surface area contributed by atoms with Crippen LogP contribution in [-0.2, 0) is 0 Å². The number of non-ortho nitro benzene ring substituents is 1. The molecule has 1 aromatic heterocycles. The molecule has 0 spiro atoms. The highest BCUT2D eigenvalue weighted by Crippen LogP contribution is 2.43. The predicted octanol–water partition coefficient (Wildman–Crippen LogP) is 3.78. The maximum absolute atomic E-state index is 10.9. The Hall–Kier alpha value is -2.60. The lowest BCUT2D eigenvalue weighted by atomic mass is 10.00. The highest BCUT2D eigenvalue weighted by molar-refractivity contribution is 7.99. The van der Waals surface area contributed by atoms with Gasteiger partial charge >= 0.3 is 0 Å². The molecule has 4 rings (SSSR count). The average molecular weight is 384 g/mol. The summed E-state index contributed by atoms with van der Waals surface area (Å²) < 4.78 is 2.18. The van der Waals surface area contributed by atoms with Crippen molar-refractivity contribution >= 4 is 23.4 Å². The van der Waals surface area contributed by atoms with E-state index in [1.54, 1.807) is 6.07 Å². The standard InChI is InChI=1S/C18H20N6O2S/c1-12-6-8-22(9-7-12)17-20-21-18(23(17)14-2-3-14)27-16-5-4-15(24(25)26)10-13(16)11-19/h4-5,10,12,14H,2-3,6-9H2,1H3. The SMILES string of the molecule is CC1CCN(c2nnc(Sc3ccc([N+](=O)[O-])cc3C#N)n2C2CC2)CC1. The van der Waals surface area contributed by atoms with E-state index in [4.69, 9.17) is 0 Å². The summed E-state index contributed by atoms with van der Waals surface area (Å²) in [4.78, 5) is 13.4. The monoisotopic (exact) mass is 384 g/mol. The first-order valence-electron chi connectivity index (χ1n) is 9.13. The average Bonchev–Trinajstić information content (AvgIpc) is 3.43. The first-order chi connectivity index (χ1) is 13.1. The summed E-state index contributed by atoms with van der Waals surface area (Å²) in [5.41, 5.74) is 0.204. The molecule has 0 atom stereocenters. The van der Waals surface area contributed by atoms with Crippen LogP contribution < -0.4 is 4.90 Å². The number of nitrogens with zero attached hydrogens (tertiary/aromatic N) is 6. The summed E-state index contributed by atoms with van der Waals surface area (Å²) in [5, 5.41) is 29.9. The zero-order valence-corrected chi connectivity index (χ0v) is 15.9. The molecule has 1 aromatic carbocycles. The number of hydrogen-bond acceptors (Lipinski definition) is 7. The number of piperidine rings is 1. The van der Waals surface area contributed by atoms with Crippen LogP contribution in [0.1, 0.15) is 44.2 Å². The normalized spacial score (nSPS) is 17.7. The van der Waals surface area contributed by atoms with Gasteiger partial charge in [0.1, 0.15) is 6.07 Å². The van der Waals surface area contributed by atoms with Crippen molar-refractivity contribution in [2.75, 3.05) is 18.0 Å². The number of hydrogen-bond donors (Lipinski definition) is 0. The molecule has 140 valence electrons. The minimum Gasteiger partial charge on any atom is -0.341 e. The number of aromatic nitrogens is 3. The van der Waals surface area contributed by atoms with Crippen LogP contribution in [0.25, 0.3) is 0 Å². The molecule has 1 aliphatic heterocycles. The van der Waals surface area contributed by atoms with Gasteiger partial charge in [-0.25, -0.2) is 0 Å². The third-order valence-corrected chi connectivity index (χ3v) is 6.16.